The number of nitrogens with zero attached hydrogens (tertiary/aromatic N) is 2. The lowest BCUT2D eigenvalue weighted by Gasteiger charge is -2.06. The molecule has 0 saturated heterocycles. The highest BCUT2D eigenvalue weighted by molar-refractivity contribution is 6.33. The zero-order valence-corrected chi connectivity index (χ0v) is 10.9. The number of hydrogen-bond donors (Lipinski definition) is 2. The van der Waals surface area contributed by atoms with Crippen molar-refractivity contribution in [2.45, 2.75) is 13.0 Å². The van der Waals surface area contributed by atoms with Crippen LogP contribution in [0.3, 0.4) is 0 Å². The van der Waals surface area contributed by atoms with Gasteiger partial charge in [-0.3, -0.25) is 0 Å². The van der Waals surface area contributed by atoms with Gasteiger partial charge in [0.1, 0.15) is 5.82 Å². The molecule has 8 heteroatoms. The van der Waals surface area contributed by atoms with Crippen molar-refractivity contribution in [3.8, 4) is 0 Å². The molecule has 102 valence electrons. The predicted octanol–water partition coefficient (Wildman–Crippen LogP) is 3.03. The highest BCUT2D eigenvalue weighted by Gasteiger charge is 2.15. The molecule has 5 nitrogen and oxygen atoms in total. The zero-order chi connectivity index (χ0) is 14.0. The van der Waals surface area contributed by atoms with Gasteiger partial charge in [0, 0.05) is 6.07 Å². The third kappa shape index (κ3) is 2.99. The molecular weight excluding hydrogens is 278 g/mol. The molecule has 2 aromatic rings. The minimum atomic E-state index is -0.841. The van der Waals surface area contributed by atoms with Gasteiger partial charge >= 0.3 is 6.01 Å². The van der Waals surface area contributed by atoms with Crippen LogP contribution in [0.2, 0.25) is 5.02 Å². The monoisotopic (exact) mass is 288 g/mol. The highest BCUT2D eigenvalue weighted by Crippen LogP contribution is 2.29. The minimum Gasteiger partial charge on any atom is -0.406 e. The topological polar surface area (TPSA) is 63.0 Å². The van der Waals surface area contributed by atoms with Gasteiger partial charge in [-0.05, 0) is 20.0 Å². The van der Waals surface area contributed by atoms with Gasteiger partial charge in [0.05, 0.1) is 16.8 Å². The molecule has 0 bridgehead atoms. The molecule has 0 amide bonds. The van der Waals surface area contributed by atoms with Crippen LogP contribution < -0.4 is 10.6 Å². The van der Waals surface area contributed by atoms with Crippen LogP contribution in [0.15, 0.2) is 16.5 Å². The van der Waals surface area contributed by atoms with Gasteiger partial charge < -0.3 is 15.1 Å². The Bertz CT molecular complexity index is 567. The molecule has 1 aromatic carbocycles. The minimum absolute atomic E-state index is 0.0236. The molecular formula is C11H11ClF2N4O. The lowest BCUT2D eigenvalue weighted by Crippen LogP contribution is -2.12. The van der Waals surface area contributed by atoms with E-state index in [0.717, 1.165) is 6.07 Å². The van der Waals surface area contributed by atoms with E-state index in [1.54, 1.807) is 7.05 Å². The fourth-order valence-electron chi connectivity index (χ4n) is 1.35. The van der Waals surface area contributed by atoms with Gasteiger partial charge in [0.15, 0.2) is 5.82 Å². The quantitative estimate of drug-likeness (QED) is 0.905. The normalized spacial score (nSPS) is 12.5. The first-order valence-corrected chi connectivity index (χ1v) is 5.81. The summed E-state index contributed by atoms with van der Waals surface area (Å²) in [6, 6.07) is 1.53. The average molecular weight is 289 g/mol. The summed E-state index contributed by atoms with van der Waals surface area (Å²) in [4.78, 5) is 0. The zero-order valence-electron chi connectivity index (χ0n) is 10.2. The van der Waals surface area contributed by atoms with Crippen LogP contribution in [0.1, 0.15) is 18.9 Å². The molecule has 2 N–H and O–H groups in total. The highest BCUT2D eigenvalue weighted by atomic mass is 35.5. The molecule has 1 aromatic heterocycles. The van der Waals surface area contributed by atoms with Gasteiger partial charge in [0.25, 0.3) is 0 Å². The van der Waals surface area contributed by atoms with Crippen molar-refractivity contribution in [1.82, 2.24) is 15.5 Å². The average Bonchev–Trinajstić information content (AvgIpc) is 2.81. The molecule has 0 spiro atoms. The lowest BCUT2D eigenvalue weighted by molar-refractivity contribution is 0.443. The summed E-state index contributed by atoms with van der Waals surface area (Å²) in [7, 11) is 1.73. The van der Waals surface area contributed by atoms with E-state index in [4.69, 9.17) is 16.0 Å². The Balaban J connectivity index is 2.24. The SMILES string of the molecule is CNC(C)c1nnc(Nc2c(F)cc(F)cc2Cl)o1. The van der Waals surface area contributed by atoms with Gasteiger partial charge in [-0.2, -0.15) is 0 Å². The van der Waals surface area contributed by atoms with Crippen LogP contribution >= 0.6 is 11.6 Å². The van der Waals surface area contributed by atoms with E-state index in [-0.39, 0.29) is 22.8 Å². The molecule has 0 saturated carbocycles. The third-order valence-electron chi connectivity index (χ3n) is 2.48. The van der Waals surface area contributed by atoms with Crippen LogP contribution in [-0.4, -0.2) is 17.2 Å². The number of halogens is 3. The number of benzene rings is 1. The maximum atomic E-state index is 13.5. The van der Waals surface area contributed by atoms with Crippen molar-refractivity contribution in [3.05, 3.63) is 34.7 Å². The molecule has 1 atom stereocenters. The Morgan fingerprint density at radius 1 is 1.32 bits per heavy atom. The number of hydrogen-bond acceptors (Lipinski definition) is 5. The van der Waals surface area contributed by atoms with E-state index < -0.39 is 11.6 Å². The fraction of sp³-hybridized carbons (Fsp3) is 0.273. The van der Waals surface area contributed by atoms with Crippen LogP contribution in [0.25, 0.3) is 0 Å². The molecule has 0 aliphatic carbocycles. The maximum Gasteiger partial charge on any atom is 0.320 e. The second kappa shape index (κ2) is 5.50. The summed E-state index contributed by atoms with van der Waals surface area (Å²) >= 11 is 5.74. The smallest absolute Gasteiger partial charge is 0.320 e. The fourth-order valence-corrected chi connectivity index (χ4v) is 1.59. The summed E-state index contributed by atoms with van der Waals surface area (Å²) in [5, 5.41) is 12.8. The van der Waals surface area contributed by atoms with Crippen LogP contribution in [-0.2, 0) is 0 Å². The van der Waals surface area contributed by atoms with Gasteiger partial charge in [-0.15, -0.1) is 5.10 Å². The number of aromatic nitrogens is 2. The van der Waals surface area contributed by atoms with Crippen molar-refractivity contribution in [2.24, 2.45) is 0 Å². The van der Waals surface area contributed by atoms with E-state index in [2.05, 4.69) is 20.8 Å². The lowest BCUT2D eigenvalue weighted by atomic mass is 10.3. The van der Waals surface area contributed by atoms with E-state index in [1.807, 2.05) is 6.92 Å². The van der Waals surface area contributed by atoms with Crippen molar-refractivity contribution in [2.75, 3.05) is 12.4 Å². The van der Waals surface area contributed by atoms with E-state index in [0.29, 0.717) is 12.0 Å². The number of rotatable bonds is 4. The van der Waals surface area contributed by atoms with Crippen molar-refractivity contribution in [3.63, 3.8) is 0 Å². The molecule has 1 unspecified atom stereocenters. The Morgan fingerprint density at radius 3 is 2.68 bits per heavy atom. The molecule has 0 aliphatic heterocycles. The van der Waals surface area contributed by atoms with E-state index in [1.165, 1.54) is 0 Å². The van der Waals surface area contributed by atoms with Gasteiger partial charge in [0.2, 0.25) is 5.89 Å². The predicted molar refractivity (Wildman–Crippen MR) is 66.4 cm³/mol. The maximum absolute atomic E-state index is 13.5. The summed E-state index contributed by atoms with van der Waals surface area (Å²) < 4.78 is 31.7. The molecule has 0 radical (unpaired) electrons. The molecule has 2 rings (SSSR count). The Morgan fingerprint density at radius 2 is 2.05 bits per heavy atom. The summed E-state index contributed by atoms with van der Waals surface area (Å²) in [5.41, 5.74) is -0.115. The van der Waals surface area contributed by atoms with Crippen molar-refractivity contribution >= 4 is 23.3 Å². The van der Waals surface area contributed by atoms with E-state index in [9.17, 15) is 8.78 Å². The summed E-state index contributed by atoms with van der Waals surface area (Å²) in [6.45, 7) is 1.82. The molecule has 0 aliphatic rings. The first kappa shape index (κ1) is 13.7. The molecule has 0 fully saturated rings. The standard InChI is InChI=1S/C11H11ClF2N4O/c1-5(15-2)10-17-18-11(19-10)16-9-7(12)3-6(13)4-8(9)14/h3-5,15H,1-2H3,(H,16,18). The Hall–Kier alpha value is -1.73. The largest absolute Gasteiger partial charge is 0.406 e. The number of nitrogens with one attached hydrogen (secondary N) is 2. The molecule has 19 heavy (non-hydrogen) atoms. The van der Waals surface area contributed by atoms with Crippen molar-refractivity contribution in [1.29, 1.82) is 0 Å². The molecule has 1 heterocycles. The third-order valence-corrected chi connectivity index (χ3v) is 2.78. The van der Waals surface area contributed by atoms with E-state index >= 15 is 0 Å². The second-order valence-corrected chi connectivity index (χ2v) is 4.23. The van der Waals surface area contributed by atoms with Crippen LogP contribution in [0.5, 0.6) is 0 Å². The number of anilines is 2. The van der Waals surface area contributed by atoms with Crippen molar-refractivity contribution < 1.29 is 13.2 Å². The first-order chi connectivity index (χ1) is 9.01. The van der Waals surface area contributed by atoms with Crippen LogP contribution in [0.4, 0.5) is 20.5 Å². The van der Waals surface area contributed by atoms with Crippen LogP contribution in [0, 0.1) is 11.6 Å². The summed E-state index contributed by atoms with van der Waals surface area (Å²) in [5.74, 6) is -1.27. The Kier molecular flexibility index (Phi) is 3.96. The Labute approximate surface area is 113 Å². The second-order valence-electron chi connectivity index (χ2n) is 3.83. The first-order valence-electron chi connectivity index (χ1n) is 5.43. The summed E-state index contributed by atoms with van der Waals surface area (Å²) in [6.07, 6.45) is 0. The van der Waals surface area contributed by atoms with Gasteiger partial charge in [-0.1, -0.05) is 16.7 Å². The van der Waals surface area contributed by atoms with Gasteiger partial charge in [-0.25, -0.2) is 8.78 Å².